The molecule has 2 aromatic carbocycles. The van der Waals surface area contributed by atoms with Crippen LogP contribution in [0.25, 0.3) is 5.57 Å². The zero-order valence-corrected chi connectivity index (χ0v) is 21.1. The molecule has 3 rings (SSSR count). The quantitative estimate of drug-likeness (QED) is 0.212. The van der Waals surface area contributed by atoms with Gasteiger partial charge in [0.1, 0.15) is 0 Å². The van der Waals surface area contributed by atoms with Crippen molar-refractivity contribution < 1.29 is 9.36 Å². The van der Waals surface area contributed by atoms with Crippen LogP contribution in [0.5, 0.6) is 0 Å². The second kappa shape index (κ2) is 13.4. The number of hydrogen-bond donors (Lipinski definition) is 1. The molecule has 0 aliphatic heterocycles. The van der Waals surface area contributed by atoms with E-state index < -0.39 is 0 Å². The van der Waals surface area contributed by atoms with Gasteiger partial charge in [-0.3, -0.25) is 0 Å². The van der Waals surface area contributed by atoms with E-state index in [9.17, 15) is 4.79 Å². The normalized spacial score (nSPS) is 11.6. The van der Waals surface area contributed by atoms with E-state index in [0.29, 0.717) is 18.7 Å². The fourth-order valence-corrected chi connectivity index (χ4v) is 3.77. The van der Waals surface area contributed by atoms with Crippen molar-refractivity contribution in [2.45, 2.75) is 33.3 Å². The van der Waals surface area contributed by atoms with Crippen LogP contribution in [0, 0.1) is 0 Å². The van der Waals surface area contributed by atoms with Gasteiger partial charge in [-0.15, -0.1) is 0 Å². The Labute approximate surface area is 218 Å². The number of hydrogen-bond acceptors (Lipinski definition) is 1. The molecule has 3 nitrogen and oxygen atoms in total. The van der Waals surface area contributed by atoms with Crippen LogP contribution in [-0.4, -0.2) is 34.5 Å². The van der Waals surface area contributed by atoms with Gasteiger partial charge in [0.05, 0.1) is 0 Å². The summed E-state index contributed by atoms with van der Waals surface area (Å²) in [5.74, 6) is 1.97. The van der Waals surface area contributed by atoms with E-state index in [0.717, 1.165) is 45.1 Å². The zero-order chi connectivity index (χ0) is 25.9. The van der Waals surface area contributed by atoms with Crippen LogP contribution in [0.15, 0.2) is 97.4 Å². The zero-order valence-electron chi connectivity index (χ0n) is 21.1. The summed E-state index contributed by atoms with van der Waals surface area (Å²) in [6.45, 7) is 10.6. The molecule has 0 spiro atoms. The number of nitrogens with one attached hydrogen (secondary N) is 1. The molecule has 36 heavy (non-hydrogen) atoms. The maximum absolute atomic E-state index is 12.1. The first-order valence-corrected chi connectivity index (χ1v) is 12.0. The van der Waals surface area contributed by atoms with Gasteiger partial charge in [-0.2, -0.15) is 0 Å². The van der Waals surface area contributed by atoms with Gasteiger partial charge in [-0.05, 0) is 0 Å². The first-order chi connectivity index (χ1) is 17.3. The molecule has 0 unspecified atom stereocenters. The Morgan fingerprint density at radius 2 is 1.72 bits per heavy atom. The molecule has 1 N–H and O–H groups in total. The molecule has 6 heteroatoms. The Morgan fingerprint density at radius 1 is 1.03 bits per heavy atom. The van der Waals surface area contributed by atoms with E-state index in [1.54, 1.807) is 6.92 Å². The second-order valence-electron chi connectivity index (χ2n) is 8.81. The predicted octanol–water partition coefficient (Wildman–Crippen LogP) is 2.47. The van der Waals surface area contributed by atoms with Gasteiger partial charge in [0, 0.05) is 0 Å². The molecule has 0 fully saturated rings. The molecule has 0 saturated heterocycles. The third-order valence-electron chi connectivity index (χ3n) is 5.54. The van der Waals surface area contributed by atoms with Crippen LogP contribution >= 0.6 is 0 Å². The van der Waals surface area contributed by atoms with E-state index in [-0.39, 0.29) is 5.91 Å². The van der Waals surface area contributed by atoms with Crippen molar-refractivity contribution in [1.29, 1.82) is 0 Å². The van der Waals surface area contributed by atoms with Gasteiger partial charge in [0.2, 0.25) is 0 Å². The summed E-state index contributed by atoms with van der Waals surface area (Å²) in [7, 11) is 11.9. The second-order valence-corrected chi connectivity index (χ2v) is 8.81. The summed E-state index contributed by atoms with van der Waals surface area (Å²) >= 11 is 0. The van der Waals surface area contributed by atoms with Crippen LogP contribution in [0.2, 0.25) is 0 Å². The number of aromatic nitrogens is 1. The van der Waals surface area contributed by atoms with Crippen molar-refractivity contribution in [1.82, 2.24) is 5.32 Å². The maximum atomic E-state index is 12.1. The van der Waals surface area contributed by atoms with E-state index in [1.807, 2.05) is 55.5 Å². The molecular formula is C30H30B3N2O+. The van der Waals surface area contributed by atoms with Crippen LogP contribution in [-0.2, 0) is 24.2 Å². The molecule has 0 atom stereocenters. The van der Waals surface area contributed by atoms with E-state index in [2.05, 4.69) is 66.0 Å². The summed E-state index contributed by atoms with van der Waals surface area (Å²) in [5, 5.41) is 2.94. The molecule has 1 aromatic heterocycles. The van der Waals surface area contributed by atoms with Crippen molar-refractivity contribution in [3.8, 4) is 0 Å². The number of allylic oxidation sites excluding steroid dienone is 4. The molecule has 1 heterocycles. The van der Waals surface area contributed by atoms with Gasteiger partial charge < -0.3 is 0 Å². The van der Waals surface area contributed by atoms with Crippen LogP contribution in [0.1, 0.15) is 36.1 Å². The van der Waals surface area contributed by atoms with Gasteiger partial charge in [0.25, 0.3) is 0 Å². The molecule has 174 valence electrons. The summed E-state index contributed by atoms with van der Waals surface area (Å²) in [6, 6.07) is 17.9. The molecular weight excluding hydrogens is 437 g/mol. The van der Waals surface area contributed by atoms with Crippen LogP contribution < -0.4 is 20.8 Å². The molecule has 0 aliphatic carbocycles. The van der Waals surface area contributed by atoms with Crippen molar-refractivity contribution in [3.63, 3.8) is 0 Å². The minimum atomic E-state index is -0.158. The van der Waals surface area contributed by atoms with Crippen molar-refractivity contribution in [2.24, 2.45) is 0 Å². The summed E-state index contributed by atoms with van der Waals surface area (Å²) in [4.78, 5) is 12.1. The Balaban J connectivity index is 1.95. The molecule has 3 aromatic rings. The fraction of sp³-hybridized carbons (Fsp3) is 0.167. The third-order valence-corrected chi connectivity index (χ3v) is 5.54. The van der Waals surface area contributed by atoms with E-state index in [4.69, 9.17) is 15.7 Å². The molecule has 0 bridgehead atoms. The SMILES string of the molecule is [B]c1cccc(CB=C/C(=C\C=C/C)c2cc(CNC(=O)C(=C)C)c[n+](Cc3cccc([B])c3)c2)c1. The van der Waals surface area contributed by atoms with Crippen molar-refractivity contribution in [3.05, 3.63) is 120 Å². The summed E-state index contributed by atoms with van der Waals surface area (Å²) < 4.78 is 2.13. The summed E-state index contributed by atoms with van der Waals surface area (Å²) in [5.41, 5.74) is 7.33. The summed E-state index contributed by atoms with van der Waals surface area (Å²) in [6.07, 6.45) is 11.1. The van der Waals surface area contributed by atoms with E-state index >= 15 is 0 Å². The van der Waals surface area contributed by atoms with Crippen molar-refractivity contribution >= 4 is 51.0 Å². The third kappa shape index (κ3) is 8.53. The van der Waals surface area contributed by atoms with Crippen LogP contribution in [0.3, 0.4) is 0 Å². The number of pyridine rings is 1. The number of rotatable bonds is 10. The monoisotopic (exact) mass is 467 g/mol. The average molecular weight is 467 g/mol. The first kappa shape index (κ1) is 26.9. The fourth-order valence-electron chi connectivity index (χ4n) is 3.77. The topological polar surface area (TPSA) is 33.0 Å². The molecule has 0 aliphatic rings. The van der Waals surface area contributed by atoms with E-state index in [1.165, 1.54) is 0 Å². The molecule has 4 radical (unpaired) electrons. The average Bonchev–Trinajstić information content (AvgIpc) is 2.84. The molecule has 0 saturated carbocycles. The van der Waals surface area contributed by atoms with Gasteiger partial charge >= 0.3 is 219 Å². The Bertz CT molecular complexity index is 1330. The Kier molecular flexibility index (Phi) is 10.1. The van der Waals surface area contributed by atoms with Crippen molar-refractivity contribution in [2.75, 3.05) is 0 Å². The Morgan fingerprint density at radius 3 is 2.39 bits per heavy atom. The number of nitrogens with zero attached hydrogens (tertiary/aromatic N) is 1. The van der Waals surface area contributed by atoms with Gasteiger partial charge in [-0.25, -0.2) is 0 Å². The number of amides is 1. The number of benzene rings is 2. The standard InChI is InChI=1S/C30H29B3N2O/c1-4-5-10-26(17-33-16-23-8-6-11-28(31)14-23)27-13-25(18-34-30(36)22(2)3)20-35(21-27)19-24-9-7-12-29(32)15-24/h4-15,17,20-21H,2,16,18-19H2,1,3H3/p+1/b5-4-,26-10+. The minimum absolute atomic E-state index is 0.158. The first-order valence-electron chi connectivity index (χ1n) is 12.0. The van der Waals surface area contributed by atoms with Gasteiger partial charge in [0.15, 0.2) is 0 Å². The predicted molar refractivity (Wildman–Crippen MR) is 154 cm³/mol. The molecule has 1 amide bonds. The van der Waals surface area contributed by atoms with Gasteiger partial charge in [-0.1, -0.05) is 0 Å². The van der Waals surface area contributed by atoms with Crippen LogP contribution in [0.4, 0.5) is 0 Å². The number of carbonyl (C=O) groups excluding carboxylic acids is 1. The number of carbonyl (C=O) groups is 1. The Hall–Kier alpha value is -3.66.